The molecule has 1 atom stereocenters. The van der Waals surface area contributed by atoms with Crippen LogP contribution >= 0.6 is 0 Å². The Morgan fingerprint density at radius 3 is 2.95 bits per heavy atom. The van der Waals surface area contributed by atoms with E-state index in [4.69, 9.17) is 4.74 Å². The fourth-order valence-electron chi connectivity index (χ4n) is 2.32. The van der Waals surface area contributed by atoms with Gasteiger partial charge in [-0.3, -0.25) is 4.90 Å². The van der Waals surface area contributed by atoms with Crippen LogP contribution in [-0.2, 0) is 17.8 Å². The molecule has 108 valence electrons. The molecule has 1 aromatic rings. The number of ether oxygens (including phenoxy) is 1. The lowest BCUT2D eigenvalue weighted by Crippen LogP contribution is -2.44. The Morgan fingerprint density at radius 2 is 2.21 bits per heavy atom. The van der Waals surface area contributed by atoms with Crippen LogP contribution in [0.25, 0.3) is 0 Å². The van der Waals surface area contributed by atoms with E-state index in [1.807, 2.05) is 4.68 Å². The highest BCUT2D eigenvalue weighted by Crippen LogP contribution is 2.00. The molecule has 0 aliphatic carbocycles. The molecule has 0 aromatic carbocycles. The summed E-state index contributed by atoms with van der Waals surface area (Å²) in [6, 6.07) is 0.449. The van der Waals surface area contributed by atoms with E-state index in [9.17, 15) is 0 Å². The Hall–Kier alpha value is -0.980. The molecule has 0 saturated carbocycles. The molecule has 1 aliphatic heterocycles. The standard InChI is InChI=1S/C13H25N5O/c1-3-4-18-13(15-11-16-18)9-14-12(2)10-17-5-7-19-8-6-17/h11-12,14H,3-10H2,1-2H3. The van der Waals surface area contributed by atoms with E-state index in [1.165, 1.54) is 0 Å². The Morgan fingerprint density at radius 1 is 1.42 bits per heavy atom. The van der Waals surface area contributed by atoms with Crippen molar-refractivity contribution in [3.05, 3.63) is 12.2 Å². The minimum Gasteiger partial charge on any atom is -0.379 e. The Bertz CT molecular complexity index is 362. The van der Waals surface area contributed by atoms with Crippen molar-refractivity contribution < 1.29 is 4.74 Å². The topological polar surface area (TPSA) is 55.2 Å². The second kappa shape index (κ2) is 7.57. The third-order valence-electron chi connectivity index (χ3n) is 3.38. The van der Waals surface area contributed by atoms with Crippen LogP contribution in [0.15, 0.2) is 6.33 Å². The lowest BCUT2D eigenvalue weighted by atomic mass is 10.3. The zero-order chi connectivity index (χ0) is 13.5. The molecule has 6 heteroatoms. The lowest BCUT2D eigenvalue weighted by molar-refractivity contribution is 0.0343. The molecule has 1 unspecified atom stereocenters. The van der Waals surface area contributed by atoms with Crippen LogP contribution in [0, 0.1) is 0 Å². The van der Waals surface area contributed by atoms with Crippen LogP contribution in [0.3, 0.4) is 0 Å². The first-order chi connectivity index (χ1) is 9.29. The van der Waals surface area contributed by atoms with Gasteiger partial charge in [-0.25, -0.2) is 9.67 Å². The van der Waals surface area contributed by atoms with Gasteiger partial charge in [0.15, 0.2) is 0 Å². The van der Waals surface area contributed by atoms with Crippen molar-refractivity contribution in [2.75, 3.05) is 32.8 Å². The summed E-state index contributed by atoms with van der Waals surface area (Å²) >= 11 is 0. The third-order valence-corrected chi connectivity index (χ3v) is 3.38. The average molecular weight is 267 g/mol. The van der Waals surface area contributed by atoms with Crippen LogP contribution in [0.4, 0.5) is 0 Å². The molecular weight excluding hydrogens is 242 g/mol. The minimum absolute atomic E-state index is 0.449. The van der Waals surface area contributed by atoms with Gasteiger partial charge in [-0.2, -0.15) is 5.10 Å². The van der Waals surface area contributed by atoms with Crippen molar-refractivity contribution in [3.63, 3.8) is 0 Å². The Balaban J connectivity index is 1.72. The Kier molecular flexibility index (Phi) is 5.75. The van der Waals surface area contributed by atoms with Gasteiger partial charge in [-0.1, -0.05) is 6.92 Å². The highest BCUT2D eigenvalue weighted by molar-refractivity contribution is 4.85. The van der Waals surface area contributed by atoms with E-state index in [0.29, 0.717) is 6.04 Å². The van der Waals surface area contributed by atoms with E-state index in [-0.39, 0.29) is 0 Å². The second-order valence-corrected chi connectivity index (χ2v) is 5.09. The van der Waals surface area contributed by atoms with Gasteiger partial charge < -0.3 is 10.1 Å². The lowest BCUT2D eigenvalue weighted by Gasteiger charge is -2.29. The molecule has 2 rings (SSSR count). The summed E-state index contributed by atoms with van der Waals surface area (Å²) in [7, 11) is 0. The molecular formula is C13H25N5O. The van der Waals surface area contributed by atoms with Crippen LogP contribution in [0.5, 0.6) is 0 Å². The van der Waals surface area contributed by atoms with Gasteiger partial charge in [0.05, 0.1) is 19.8 Å². The maximum Gasteiger partial charge on any atom is 0.140 e. The quantitative estimate of drug-likeness (QED) is 0.779. The summed E-state index contributed by atoms with van der Waals surface area (Å²) in [5.41, 5.74) is 0. The SMILES string of the molecule is CCCn1ncnc1CNC(C)CN1CCOCC1. The smallest absolute Gasteiger partial charge is 0.140 e. The normalized spacial score (nSPS) is 18.6. The first kappa shape index (κ1) is 14.4. The van der Waals surface area contributed by atoms with E-state index >= 15 is 0 Å². The van der Waals surface area contributed by atoms with Gasteiger partial charge in [0.25, 0.3) is 0 Å². The summed E-state index contributed by atoms with van der Waals surface area (Å²) in [6.07, 6.45) is 2.72. The summed E-state index contributed by atoms with van der Waals surface area (Å²) in [5, 5.41) is 7.76. The molecule has 1 aromatic heterocycles. The van der Waals surface area contributed by atoms with Crippen LogP contribution in [-0.4, -0.2) is 58.6 Å². The van der Waals surface area contributed by atoms with E-state index < -0.39 is 0 Å². The van der Waals surface area contributed by atoms with Gasteiger partial charge in [0.2, 0.25) is 0 Å². The highest BCUT2D eigenvalue weighted by atomic mass is 16.5. The third kappa shape index (κ3) is 4.56. The summed E-state index contributed by atoms with van der Waals surface area (Å²) in [5.74, 6) is 1.02. The van der Waals surface area contributed by atoms with Crippen LogP contribution < -0.4 is 5.32 Å². The van der Waals surface area contributed by atoms with Crippen molar-refractivity contribution in [3.8, 4) is 0 Å². The van der Waals surface area contributed by atoms with Gasteiger partial charge >= 0.3 is 0 Å². The largest absolute Gasteiger partial charge is 0.379 e. The number of rotatable bonds is 7. The Labute approximate surface area is 115 Å². The van der Waals surface area contributed by atoms with Crippen LogP contribution in [0.2, 0.25) is 0 Å². The molecule has 1 N–H and O–H groups in total. The van der Waals surface area contributed by atoms with Crippen molar-refractivity contribution in [2.24, 2.45) is 0 Å². The predicted octanol–water partition coefficient (Wildman–Crippen LogP) is 0.498. The van der Waals surface area contributed by atoms with E-state index in [0.717, 1.165) is 58.2 Å². The molecule has 1 saturated heterocycles. The summed E-state index contributed by atoms with van der Waals surface area (Å²) < 4.78 is 7.34. The van der Waals surface area contributed by atoms with E-state index in [1.54, 1.807) is 6.33 Å². The van der Waals surface area contributed by atoms with Gasteiger partial charge in [-0.15, -0.1) is 0 Å². The maximum absolute atomic E-state index is 5.36. The molecule has 1 aliphatic rings. The number of aryl methyl sites for hydroxylation is 1. The molecule has 6 nitrogen and oxygen atoms in total. The van der Waals surface area contributed by atoms with Gasteiger partial charge in [0.1, 0.15) is 12.2 Å². The van der Waals surface area contributed by atoms with E-state index in [2.05, 4.69) is 34.1 Å². The first-order valence-corrected chi connectivity index (χ1v) is 7.19. The number of hydrogen-bond donors (Lipinski definition) is 1. The summed E-state index contributed by atoms with van der Waals surface area (Å²) in [4.78, 5) is 6.75. The number of nitrogens with zero attached hydrogens (tertiary/aromatic N) is 4. The first-order valence-electron chi connectivity index (χ1n) is 7.19. The van der Waals surface area contributed by atoms with Gasteiger partial charge in [0, 0.05) is 32.2 Å². The molecule has 0 spiro atoms. The zero-order valence-corrected chi connectivity index (χ0v) is 12.0. The average Bonchev–Trinajstić information content (AvgIpc) is 2.85. The highest BCUT2D eigenvalue weighted by Gasteiger charge is 2.14. The molecule has 2 heterocycles. The maximum atomic E-state index is 5.36. The number of nitrogens with one attached hydrogen (secondary N) is 1. The number of aromatic nitrogens is 3. The summed E-state index contributed by atoms with van der Waals surface area (Å²) in [6.45, 7) is 11.0. The van der Waals surface area contributed by atoms with Crippen LogP contribution in [0.1, 0.15) is 26.1 Å². The van der Waals surface area contributed by atoms with Gasteiger partial charge in [-0.05, 0) is 13.3 Å². The van der Waals surface area contributed by atoms with Crippen molar-refractivity contribution >= 4 is 0 Å². The second-order valence-electron chi connectivity index (χ2n) is 5.09. The number of hydrogen-bond acceptors (Lipinski definition) is 5. The molecule has 1 fully saturated rings. The monoisotopic (exact) mass is 267 g/mol. The fraction of sp³-hybridized carbons (Fsp3) is 0.846. The zero-order valence-electron chi connectivity index (χ0n) is 12.0. The molecule has 0 radical (unpaired) electrons. The number of morpholine rings is 1. The van der Waals surface area contributed by atoms with Crippen molar-refractivity contribution in [2.45, 2.75) is 39.4 Å². The fourth-order valence-corrected chi connectivity index (χ4v) is 2.32. The van der Waals surface area contributed by atoms with Crippen molar-refractivity contribution in [1.82, 2.24) is 25.0 Å². The molecule has 0 amide bonds. The molecule has 19 heavy (non-hydrogen) atoms. The predicted molar refractivity (Wildman–Crippen MR) is 73.9 cm³/mol. The molecule has 0 bridgehead atoms. The minimum atomic E-state index is 0.449. The van der Waals surface area contributed by atoms with Crippen molar-refractivity contribution in [1.29, 1.82) is 0 Å².